The van der Waals surface area contributed by atoms with Crippen LogP contribution in [0.4, 0.5) is 0 Å². The molecule has 0 aliphatic carbocycles. The van der Waals surface area contributed by atoms with E-state index < -0.39 is 0 Å². The molecule has 0 aliphatic heterocycles. The molecule has 2 atom stereocenters. The van der Waals surface area contributed by atoms with Crippen LogP contribution in [0.3, 0.4) is 0 Å². The van der Waals surface area contributed by atoms with Gasteiger partial charge >= 0.3 is 11.9 Å². The van der Waals surface area contributed by atoms with Crippen LogP contribution in [0.1, 0.15) is 252 Å². The summed E-state index contributed by atoms with van der Waals surface area (Å²) in [5, 5.41) is 8.92. The van der Waals surface area contributed by atoms with Crippen molar-refractivity contribution in [1.82, 2.24) is 24.8 Å². The minimum Gasteiger partial charge on any atom is -0.462 e. The highest BCUT2D eigenvalue weighted by molar-refractivity contribution is 5.69. The van der Waals surface area contributed by atoms with Crippen molar-refractivity contribution in [3.05, 3.63) is 11.9 Å². The van der Waals surface area contributed by atoms with E-state index >= 15 is 0 Å². The largest absolute Gasteiger partial charge is 0.462 e. The summed E-state index contributed by atoms with van der Waals surface area (Å²) in [5.74, 6) is -0.00781. The molecule has 61 heavy (non-hydrogen) atoms. The highest BCUT2D eigenvalue weighted by atomic mass is 16.5. The average molecular weight is 860 g/mol. The molecule has 1 heterocycles. The Bertz CT molecular complexity index is 1060. The summed E-state index contributed by atoms with van der Waals surface area (Å²) in [4.78, 5) is 30.7. The van der Waals surface area contributed by atoms with Crippen LogP contribution in [0.25, 0.3) is 0 Å². The number of ether oxygens (including phenoxy) is 2. The molecule has 0 aliphatic rings. The number of aryl methyl sites for hydroxylation is 1. The zero-order valence-electron chi connectivity index (χ0n) is 41.4. The lowest BCUT2D eigenvalue weighted by atomic mass is 10.0. The second-order valence-electron chi connectivity index (χ2n) is 18.7. The van der Waals surface area contributed by atoms with Gasteiger partial charge in [-0.3, -0.25) is 14.3 Å². The number of unbranched alkanes of at least 4 members (excludes halogenated alkanes) is 21. The maximum absolute atomic E-state index is 13.0. The molecule has 9 nitrogen and oxygen atoms in total. The van der Waals surface area contributed by atoms with Crippen LogP contribution in [0.2, 0.25) is 0 Å². The summed E-state index contributed by atoms with van der Waals surface area (Å²) in [6.07, 6.45) is 41.6. The molecule has 1 aromatic heterocycles. The Hall–Kier alpha value is -2.00. The summed E-state index contributed by atoms with van der Waals surface area (Å²) < 4.78 is 14.2. The first-order valence-electron chi connectivity index (χ1n) is 26.5. The van der Waals surface area contributed by atoms with Crippen LogP contribution in [0, 0.1) is 0 Å². The van der Waals surface area contributed by atoms with Gasteiger partial charge in [0.25, 0.3) is 0 Å². The molecule has 2 unspecified atom stereocenters. The Balaban J connectivity index is 2.61. The van der Waals surface area contributed by atoms with Crippen LogP contribution in [-0.4, -0.2) is 89.2 Å². The fourth-order valence-corrected chi connectivity index (χ4v) is 8.36. The molecule has 1 rings (SSSR count). The van der Waals surface area contributed by atoms with E-state index in [0.717, 1.165) is 128 Å². The maximum Gasteiger partial charge on any atom is 0.306 e. The molecule has 9 heteroatoms. The summed E-state index contributed by atoms with van der Waals surface area (Å²) in [6, 6.07) is 0. The van der Waals surface area contributed by atoms with Crippen LogP contribution in [0.15, 0.2) is 6.20 Å². The van der Waals surface area contributed by atoms with Gasteiger partial charge in [-0.1, -0.05) is 148 Å². The third-order valence-corrected chi connectivity index (χ3v) is 12.3. The number of aromatic nitrogens is 3. The van der Waals surface area contributed by atoms with Crippen LogP contribution in [0.5, 0.6) is 0 Å². The second-order valence-corrected chi connectivity index (χ2v) is 18.7. The first-order valence-corrected chi connectivity index (χ1v) is 26.5. The van der Waals surface area contributed by atoms with E-state index in [1.54, 1.807) is 0 Å². The Labute approximate surface area is 378 Å². The third-order valence-electron chi connectivity index (χ3n) is 12.3. The molecular formula is C52H101N5O4. The summed E-state index contributed by atoms with van der Waals surface area (Å²) >= 11 is 0. The lowest BCUT2D eigenvalue weighted by molar-refractivity contribution is -0.151. The van der Waals surface area contributed by atoms with E-state index in [9.17, 15) is 9.59 Å². The Morgan fingerprint density at radius 2 is 0.902 bits per heavy atom. The standard InChI is InChI=1S/C52H101N5O4/c1-7-11-15-19-21-27-38-49(36-25-17-13-9-3)60-51(58)40-29-23-32-43-56(45-46-57-47-48(53-54-57)35-31-34-42-55(5)6)44-33-24-30-41-52(59)61-50(37-26-18-14-10-4)39-28-22-20-16-12-8-2/h47,49-50H,7-46H2,1-6H3. The molecule has 0 aromatic carbocycles. The van der Waals surface area contributed by atoms with E-state index in [1.807, 2.05) is 4.68 Å². The minimum absolute atomic E-state index is 0.00391. The topological polar surface area (TPSA) is 89.8 Å². The summed E-state index contributed by atoms with van der Waals surface area (Å²) in [6.45, 7) is 13.9. The zero-order chi connectivity index (χ0) is 44.4. The quantitative estimate of drug-likeness (QED) is 0.0473. The lowest BCUT2D eigenvalue weighted by Crippen LogP contribution is -2.30. The van der Waals surface area contributed by atoms with Crippen molar-refractivity contribution >= 4 is 11.9 Å². The molecule has 0 spiro atoms. The van der Waals surface area contributed by atoms with Gasteiger partial charge in [0.2, 0.25) is 0 Å². The van der Waals surface area contributed by atoms with Gasteiger partial charge in [-0.15, -0.1) is 5.10 Å². The Kier molecular flexibility index (Phi) is 39.2. The predicted octanol–water partition coefficient (Wildman–Crippen LogP) is 13.9. The molecule has 0 radical (unpaired) electrons. The molecule has 1 aromatic rings. The van der Waals surface area contributed by atoms with E-state index in [-0.39, 0.29) is 24.1 Å². The smallest absolute Gasteiger partial charge is 0.306 e. The van der Waals surface area contributed by atoms with Gasteiger partial charge in [0.15, 0.2) is 0 Å². The van der Waals surface area contributed by atoms with E-state index in [4.69, 9.17) is 9.47 Å². The number of rotatable bonds is 46. The fourth-order valence-electron chi connectivity index (χ4n) is 8.36. The maximum atomic E-state index is 13.0. The number of hydrogen-bond donors (Lipinski definition) is 0. The zero-order valence-corrected chi connectivity index (χ0v) is 41.4. The van der Waals surface area contributed by atoms with Crippen molar-refractivity contribution in [1.29, 1.82) is 0 Å². The van der Waals surface area contributed by atoms with Crippen molar-refractivity contribution in [2.24, 2.45) is 0 Å². The molecule has 0 saturated heterocycles. The Morgan fingerprint density at radius 3 is 1.34 bits per heavy atom. The third kappa shape index (κ3) is 36.1. The van der Waals surface area contributed by atoms with Gasteiger partial charge in [-0.25, -0.2) is 0 Å². The number of nitrogens with zero attached hydrogens (tertiary/aromatic N) is 5. The van der Waals surface area contributed by atoms with Gasteiger partial charge in [-0.05, 0) is 130 Å². The summed E-state index contributed by atoms with van der Waals surface area (Å²) in [7, 11) is 4.25. The van der Waals surface area contributed by atoms with Gasteiger partial charge in [0.05, 0.1) is 12.2 Å². The number of hydrogen-bond acceptors (Lipinski definition) is 8. The summed E-state index contributed by atoms with van der Waals surface area (Å²) in [5.41, 5.74) is 1.08. The van der Waals surface area contributed by atoms with Crippen LogP contribution >= 0.6 is 0 Å². The molecule has 0 fully saturated rings. The van der Waals surface area contributed by atoms with Crippen molar-refractivity contribution in [3.63, 3.8) is 0 Å². The molecule has 358 valence electrons. The second kappa shape index (κ2) is 42.0. The Morgan fingerprint density at radius 1 is 0.508 bits per heavy atom. The monoisotopic (exact) mass is 860 g/mol. The van der Waals surface area contributed by atoms with Crippen LogP contribution in [-0.2, 0) is 32.0 Å². The van der Waals surface area contributed by atoms with Gasteiger partial charge in [-0.2, -0.15) is 0 Å². The lowest BCUT2D eigenvalue weighted by Gasteiger charge is -2.22. The van der Waals surface area contributed by atoms with Gasteiger partial charge in [0.1, 0.15) is 12.2 Å². The van der Waals surface area contributed by atoms with Crippen molar-refractivity contribution in [2.45, 2.75) is 271 Å². The number of esters is 2. The van der Waals surface area contributed by atoms with Gasteiger partial charge in [0, 0.05) is 25.6 Å². The first kappa shape index (κ1) is 57.0. The normalized spacial score (nSPS) is 12.7. The molecule has 0 saturated carbocycles. The van der Waals surface area contributed by atoms with Crippen LogP contribution < -0.4 is 0 Å². The minimum atomic E-state index is -0.00391. The van der Waals surface area contributed by atoms with Crippen molar-refractivity contribution in [3.8, 4) is 0 Å². The van der Waals surface area contributed by atoms with E-state index in [2.05, 4.69) is 68.1 Å². The number of carbonyl (C=O) groups is 2. The molecule has 0 bridgehead atoms. The highest BCUT2D eigenvalue weighted by Gasteiger charge is 2.16. The van der Waals surface area contributed by atoms with Crippen molar-refractivity contribution in [2.75, 3.05) is 40.3 Å². The number of carbonyl (C=O) groups excluding carboxylic acids is 2. The predicted molar refractivity (Wildman–Crippen MR) is 258 cm³/mol. The molecular weight excluding hydrogens is 759 g/mol. The first-order chi connectivity index (χ1) is 29.8. The fraction of sp³-hybridized carbons (Fsp3) is 0.923. The van der Waals surface area contributed by atoms with E-state index in [0.29, 0.717) is 12.8 Å². The van der Waals surface area contributed by atoms with E-state index in [1.165, 1.54) is 122 Å². The molecule has 0 amide bonds. The SMILES string of the molecule is CCCCCCCCC(CCCCCC)OC(=O)CCCCCN(CCCCCC(=O)OC(CCCCCC)CCCCCCCC)CCn1cc(CCCCN(C)C)nn1. The van der Waals surface area contributed by atoms with Crippen molar-refractivity contribution < 1.29 is 19.1 Å². The highest BCUT2D eigenvalue weighted by Crippen LogP contribution is 2.19. The average Bonchev–Trinajstić information content (AvgIpc) is 3.70. The molecule has 0 N–H and O–H groups in total. The van der Waals surface area contributed by atoms with Gasteiger partial charge < -0.3 is 19.3 Å².